The second-order valence-corrected chi connectivity index (χ2v) is 6.73. The molecule has 0 aliphatic carbocycles. The normalized spacial score (nSPS) is 10.7. The lowest BCUT2D eigenvalue weighted by Crippen LogP contribution is -1.96. The summed E-state index contributed by atoms with van der Waals surface area (Å²) in [6.07, 6.45) is 0. The molecular weight excluding hydrogens is 312 g/mol. The average molecular weight is 334 g/mol. The van der Waals surface area contributed by atoms with E-state index < -0.39 is 0 Å². The molecule has 0 aromatic heterocycles. The van der Waals surface area contributed by atoms with E-state index in [1.54, 1.807) is 0 Å². The zero-order chi connectivity index (χ0) is 17.9. The third kappa shape index (κ3) is 2.95. The first kappa shape index (κ1) is 16.4. The summed E-state index contributed by atoms with van der Waals surface area (Å²) in [5.41, 5.74) is 10.4. The predicted octanol–water partition coefficient (Wildman–Crippen LogP) is 7.30. The molecule has 0 aliphatic rings. The van der Waals surface area contributed by atoms with Gasteiger partial charge in [-0.25, -0.2) is 0 Å². The maximum absolute atomic E-state index is 2.32. The van der Waals surface area contributed by atoms with Gasteiger partial charge in [0, 0.05) is 0 Å². The summed E-state index contributed by atoms with van der Waals surface area (Å²) in [6.45, 7) is 4.44. The van der Waals surface area contributed by atoms with Crippen molar-refractivity contribution in [1.29, 1.82) is 0 Å². The van der Waals surface area contributed by atoms with E-state index in [-0.39, 0.29) is 0 Å². The molecule has 0 N–H and O–H groups in total. The lowest BCUT2D eigenvalue weighted by atomic mass is 9.82. The standard InChI is InChI=1S/C26H22/c1-19-18-20(2)25(22-14-8-4-9-15-22)26(23-16-10-5-11-17-23)24(19)21-12-6-3-7-13-21/h3-18H,1-2H3. The number of rotatable bonds is 3. The number of benzene rings is 4. The van der Waals surface area contributed by atoms with Crippen LogP contribution < -0.4 is 0 Å². The fourth-order valence-corrected chi connectivity index (χ4v) is 3.84. The van der Waals surface area contributed by atoms with E-state index in [2.05, 4.69) is 111 Å². The van der Waals surface area contributed by atoms with Crippen LogP contribution in [0.15, 0.2) is 97.1 Å². The molecule has 0 heteroatoms. The monoisotopic (exact) mass is 334 g/mol. The first-order valence-corrected chi connectivity index (χ1v) is 9.06. The number of hydrogen-bond donors (Lipinski definition) is 0. The van der Waals surface area contributed by atoms with Crippen LogP contribution in [-0.4, -0.2) is 0 Å². The predicted molar refractivity (Wildman–Crippen MR) is 112 cm³/mol. The summed E-state index contributed by atoms with van der Waals surface area (Å²) in [4.78, 5) is 0. The van der Waals surface area contributed by atoms with E-state index in [4.69, 9.17) is 0 Å². The Bertz CT molecular complexity index is 950. The molecule has 4 aromatic carbocycles. The van der Waals surface area contributed by atoms with E-state index in [1.807, 2.05) is 0 Å². The topological polar surface area (TPSA) is 0 Å². The molecule has 4 aromatic rings. The maximum Gasteiger partial charge on any atom is -0.00215 e. The molecule has 4 rings (SSSR count). The Morgan fingerprint density at radius 2 is 0.692 bits per heavy atom. The molecule has 0 aliphatic heterocycles. The molecule has 0 saturated heterocycles. The highest BCUT2D eigenvalue weighted by atomic mass is 14.2. The van der Waals surface area contributed by atoms with Crippen LogP contribution in [0, 0.1) is 13.8 Å². The minimum atomic E-state index is 1.26. The summed E-state index contributed by atoms with van der Waals surface area (Å²) >= 11 is 0. The SMILES string of the molecule is Cc1cc(C)c(-c2ccccc2)c(-c2ccccc2)c1-c1ccccc1. The van der Waals surface area contributed by atoms with Crippen molar-refractivity contribution in [3.63, 3.8) is 0 Å². The molecule has 0 radical (unpaired) electrons. The van der Waals surface area contributed by atoms with Crippen LogP contribution in [-0.2, 0) is 0 Å². The molecule has 0 bridgehead atoms. The van der Waals surface area contributed by atoms with Gasteiger partial charge in [-0.15, -0.1) is 0 Å². The summed E-state index contributed by atoms with van der Waals surface area (Å²) in [7, 11) is 0. The molecule has 0 nitrogen and oxygen atoms in total. The highest BCUT2D eigenvalue weighted by Gasteiger charge is 2.18. The Morgan fingerprint density at radius 1 is 0.385 bits per heavy atom. The van der Waals surface area contributed by atoms with Crippen molar-refractivity contribution in [3.8, 4) is 33.4 Å². The first-order chi connectivity index (χ1) is 12.8. The third-order valence-corrected chi connectivity index (χ3v) is 4.91. The van der Waals surface area contributed by atoms with Gasteiger partial charge < -0.3 is 0 Å². The second-order valence-electron chi connectivity index (χ2n) is 6.73. The molecule has 0 saturated carbocycles. The van der Waals surface area contributed by atoms with Gasteiger partial charge in [-0.05, 0) is 58.4 Å². The van der Waals surface area contributed by atoms with Crippen LogP contribution in [0.5, 0.6) is 0 Å². The zero-order valence-corrected chi connectivity index (χ0v) is 15.2. The van der Waals surface area contributed by atoms with Crippen molar-refractivity contribution in [2.24, 2.45) is 0 Å². The van der Waals surface area contributed by atoms with Gasteiger partial charge in [0.25, 0.3) is 0 Å². The summed E-state index contributed by atoms with van der Waals surface area (Å²) in [5.74, 6) is 0. The number of hydrogen-bond acceptors (Lipinski definition) is 0. The van der Waals surface area contributed by atoms with Gasteiger partial charge >= 0.3 is 0 Å². The molecule has 126 valence electrons. The Kier molecular flexibility index (Phi) is 4.41. The van der Waals surface area contributed by atoms with E-state index in [1.165, 1.54) is 44.5 Å². The lowest BCUT2D eigenvalue weighted by molar-refractivity contribution is 1.37. The minimum Gasteiger partial charge on any atom is -0.0622 e. The zero-order valence-electron chi connectivity index (χ0n) is 15.2. The average Bonchev–Trinajstić information content (AvgIpc) is 2.69. The van der Waals surface area contributed by atoms with Crippen LogP contribution in [0.25, 0.3) is 33.4 Å². The van der Waals surface area contributed by atoms with Crippen molar-refractivity contribution < 1.29 is 0 Å². The van der Waals surface area contributed by atoms with Crippen LogP contribution >= 0.6 is 0 Å². The van der Waals surface area contributed by atoms with Crippen molar-refractivity contribution in [2.75, 3.05) is 0 Å². The van der Waals surface area contributed by atoms with Gasteiger partial charge in [-0.2, -0.15) is 0 Å². The van der Waals surface area contributed by atoms with Crippen LogP contribution in [0.1, 0.15) is 11.1 Å². The van der Waals surface area contributed by atoms with Gasteiger partial charge in [0.2, 0.25) is 0 Å². The van der Waals surface area contributed by atoms with Gasteiger partial charge in [-0.3, -0.25) is 0 Å². The molecular formula is C26H22. The Morgan fingerprint density at radius 3 is 1.04 bits per heavy atom. The van der Waals surface area contributed by atoms with E-state index in [9.17, 15) is 0 Å². The van der Waals surface area contributed by atoms with Crippen molar-refractivity contribution >= 4 is 0 Å². The summed E-state index contributed by atoms with van der Waals surface area (Å²) in [5, 5.41) is 0. The van der Waals surface area contributed by atoms with Crippen LogP contribution in [0.2, 0.25) is 0 Å². The molecule has 0 amide bonds. The number of aryl methyl sites for hydroxylation is 2. The quantitative estimate of drug-likeness (QED) is 0.368. The largest absolute Gasteiger partial charge is 0.0622 e. The smallest absolute Gasteiger partial charge is 0.00215 e. The molecule has 26 heavy (non-hydrogen) atoms. The molecule has 0 atom stereocenters. The summed E-state index contributed by atoms with van der Waals surface area (Å²) < 4.78 is 0. The van der Waals surface area contributed by atoms with Crippen LogP contribution in [0.3, 0.4) is 0 Å². The molecule has 0 spiro atoms. The summed E-state index contributed by atoms with van der Waals surface area (Å²) in [6, 6.07) is 34.5. The highest BCUT2D eigenvalue weighted by molar-refractivity contribution is 5.97. The van der Waals surface area contributed by atoms with Crippen molar-refractivity contribution in [1.82, 2.24) is 0 Å². The molecule has 0 heterocycles. The highest BCUT2D eigenvalue weighted by Crippen LogP contribution is 2.43. The van der Waals surface area contributed by atoms with Crippen LogP contribution in [0.4, 0.5) is 0 Å². The van der Waals surface area contributed by atoms with E-state index in [0.29, 0.717) is 0 Å². The van der Waals surface area contributed by atoms with Gasteiger partial charge in [0.05, 0.1) is 0 Å². The Hall–Kier alpha value is -3.12. The fraction of sp³-hybridized carbons (Fsp3) is 0.0769. The first-order valence-electron chi connectivity index (χ1n) is 9.06. The Balaban J connectivity index is 2.13. The van der Waals surface area contributed by atoms with E-state index >= 15 is 0 Å². The van der Waals surface area contributed by atoms with Crippen molar-refractivity contribution in [2.45, 2.75) is 13.8 Å². The molecule has 0 fully saturated rings. The Labute approximate surface area is 155 Å². The van der Waals surface area contributed by atoms with Gasteiger partial charge in [0.15, 0.2) is 0 Å². The van der Waals surface area contributed by atoms with E-state index in [0.717, 1.165) is 0 Å². The van der Waals surface area contributed by atoms with Gasteiger partial charge in [0.1, 0.15) is 0 Å². The maximum atomic E-state index is 2.32. The van der Waals surface area contributed by atoms with Crippen molar-refractivity contribution in [3.05, 3.63) is 108 Å². The van der Waals surface area contributed by atoms with Gasteiger partial charge in [-0.1, -0.05) is 97.1 Å². The third-order valence-electron chi connectivity index (χ3n) is 4.91. The minimum absolute atomic E-state index is 1.26. The molecule has 0 unspecified atom stereocenters. The fourth-order valence-electron chi connectivity index (χ4n) is 3.84. The second kappa shape index (κ2) is 7.01. The lowest BCUT2D eigenvalue weighted by Gasteiger charge is -2.21.